The van der Waals surface area contributed by atoms with Crippen molar-refractivity contribution in [3.05, 3.63) is 183 Å². The first-order valence-corrected chi connectivity index (χ1v) is 24.2. The van der Waals surface area contributed by atoms with Gasteiger partial charge in [-0.3, -0.25) is 0 Å². The molecule has 0 radical (unpaired) electrons. The number of benzene rings is 4. The second kappa shape index (κ2) is 14.4. The smallest absolute Gasteiger partial charge is 0.251 e. The Morgan fingerprint density at radius 1 is 0.746 bits per heavy atom. The standard InChI is InChI=1S/C58H56BN3S/c1-35-18-8-11-21-41(35)55-38(4)42-23-16-25-46-56(42)62(55)52-33-39(58(5,6)7)32-51-54(52)59(46)45-31-30-40(60(47-26-13-9-19-36(47)2)48-27-14-10-20-37(48)3)34-50(45)61(51)49-28-17-24-44-43-22-12-15-29-53(43)63-57(44)49/h8-9,11-13,15,17-22,24-25,27-29,31-34,40,47H,10,14,16,23,26,30H2,1-7H3. The van der Waals surface area contributed by atoms with Crippen molar-refractivity contribution in [3.63, 3.8) is 0 Å². The van der Waals surface area contributed by atoms with E-state index in [4.69, 9.17) is 0 Å². The molecule has 312 valence electrons. The minimum absolute atomic E-state index is 0.0798. The summed E-state index contributed by atoms with van der Waals surface area (Å²) in [7, 11) is 0. The van der Waals surface area contributed by atoms with Gasteiger partial charge in [-0.05, 0) is 146 Å². The Kier molecular flexibility index (Phi) is 8.87. The third-order valence-electron chi connectivity index (χ3n) is 15.2. The summed E-state index contributed by atoms with van der Waals surface area (Å²) in [5.74, 6) is 0. The number of aromatic nitrogens is 1. The average Bonchev–Trinajstić information content (AvgIpc) is 3.81. The van der Waals surface area contributed by atoms with Crippen LogP contribution in [0.15, 0.2) is 155 Å². The number of rotatable bonds is 5. The normalized spacial score (nSPS) is 20.0. The van der Waals surface area contributed by atoms with Crippen LogP contribution in [-0.4, -0.2) is 28.3 Å². The maximum atomic E-state index is 2.81. The maximum Gasteiger partial charge on any atom is 0.251 e. The van der Waals surface area contributed by atoms with Crippen molar-refractivity contribution >= 4 is 60.5 Å². The molecule has 0 bridgehead atoms. The van der Waals surface area contributed by atoms with E-state index < -0.39 is 0 Å². The van der Waals surface area contributed by atoms with Crippen molar-refractivity contribution in [3.8, 4) is 16.9 Å². The Bertz CT molecular complexity index is 3180. The van der Waals surface area contributed by atoms with Gasteiger partial charge in [0, 0.05) is 49.5 Å². The van der Waals surface area contributed by atoms with Gasteiger partial charge in [0.05, 0.1) is 28.2 Å². The van der Waals surface area contributed by atoms with E-state index in [0.29, 0.717) is 6.04 Å². The summed E-state index contributed by atoms with van der Waals surface area (Å²) in [4.78, 5) is 5.55. The van der Waals surface area contributed by atoms with Crippen LogP contribution in [0.1, 0.15) is 94.7 Å². The molecule has 2 aliphatic heterocycles. The van der Waals surface area contributed by atoms with E-state index in [1.165, 1.54) is 115 Å². The Morgan fingerprint density at radius 2 is 1.54 bits per heavy atom. The summed E-state index contributed by atoms with van der Waals surface area (Å²) in [6.07, 6.45) is 26.3. The average molecular weight is 838 g/mol. The fraction of sp³-hybridized carbons (Fsp3) is 0.276. The van der Waals surface area contributed by atoms with Gasteiger partial charge in [0.2, 0.25) is 0 Å². The van der Waals surface area contributed by atoms with Gasteiger partial charge in [0.25, 0.3) is 6.71 Å². The van der Waals surface area contributed by atoms with Crippen LogP contribution in [0.5, 0.6) is 0 Å². The van der Waals surface area contributed by atoms with Crippen LogP contribution in [0.3, 0.4) is 0 Å². The summed E-state index contributed by atoms with van der Waals surface area (Å²) in [5.41, 5.74) is 23.7. The zero-order chi connectivity index (χ0) is 42.9. The molecule has 0 N–H and O–H groups in total. The lowest BCUT2D eigenvalue weighted by molar-refractivity contribution is 0.238. The quantitative estimate of drug-likeness (QED) is 0.160. The number of allylic oxidation sites excluding steroid dienone is 7. The topological polar surface area (TPSA) is 11.4 Å². The molecule has 0 fully saturated rings. The molecule has 63 heavy (non-hydrogen) atoms. The second-order valence-corrected chi connectivity index (χ2v) is 21.0. The molecule has 0 spiro atoms. The van der Waals surface area contributed by atoms with Crippen LogP contribution in [-0.2, 0) is 11.8 Å². The lowest BCUT2D eigenvalue weighted by Crippen LogP contribution is -2.52. The molecule has 2 aromatic heterocycles. The molecule has 6 aromatic rings. The third-order valence-corrected chi connectivity index (χ3v) is 16.4. The highest BCUT2D eigenvalue weighted by Gasteiger charge is 2.49. The highest BCUT2D eigenvalue weighted by molar-refractivity contribution is 7.26. The van der Waals surface area contributed by atoms with Gasteiger partial charge in [-0.15, -0.1) is 11.3 Å². The van der Waals surface area contributed by atoms with Crippen LogP contribution in [0.25, 0.3) is 42.6 Å². The van der Waals surface area contributed by atoms with Crippen molar-refractivity contribution in [1.29, 1.82) is 0 Å². The van der Waals surface area contributed by atoms with Crippen molar-refractivity contribution in [1.82, 2.24) is 9.47 Å². The summed E-state index contributed by atoms with van der Waals surface area (Å²) >= 11 is 1.95. The van der Waals surface area contributed by atoms with Gasteiger partial charge in [0.1, 0.15) is 0 Å². The van der Waals surface area contributed by atoms with Gasteiger partial charge >= 0.3 is 0 Å². The largest absolute Gasteiger partial charge is 0.358 e. The Balaban J connectivity index is 1.18. The highest BCUT2D eigenvalue weighted by Crippen LogP contribution is 2.54. The van der Waals surface area contributed by atoms with Gasteiger partial charge in [-0.1, -0.05) is 123 Å². The van der Waals surface area contributed by atoms with Crippen LogP contribution in [0.4, 0.5) is 11.4 Å². The summed E-state index contributed by atoms with van der Waals surface area (Å²) in [6.45, 7) is 16.7. The van der Waals surface area contributed by atoms with Crippen LogP contribution >= 0.6 is 11.3 Å². The van der Waals surface area contributed by atoms with Gasteiger partial charge in [-0.2, -0.15) is 0 Å². The fourth-order valence-corrected chi connectivity index (χ4v) is 13.3. The van der Waals surface area contributed by atoms with Gasteiger partial charge in [-0.25, -0.2) is 0 Å². The molecule has 6 aliphatic rings. The predicted molar refractivity (Wildman–Crippen MR) is 271 cm³/mol. The van der Waals surface area contributed by atoms with E-state index in [0.717, 1.165) is 38.5 Å². The molecule has 3 nitrogen and oxygen atoms in total. The number of anilines is 2. The number of aryl methyl sites for hydroxylation is 1. The second-order valence-electron chi connectivity index (χ2n) is 19.9. The molecule has 4 heterocycles. The lowest BCUT2D eigenvalue weighted by Gasteiger charge is -2.48. The van der Waals surface area contributed by atoms with E-state index in [9.17, 15) is 0 Å². The van der Waals surface area contributed by atoms with Crippen molar-refractivity contribution in [2.45, 2.75) is 104 Å². The SMILES string of the molecule is CC1=CCCC=C1N(C1C=C2C(=CC1)B1C3=CCCc4c(C)c(-c5ccccc5C)n(c43)-c3cc(C(C)(C)C)cc(c31)N2c1cccc2c1sc1ccccc12)C1CC=CC=C1C. The molecule has 12 rings (SSSR count). The number of fused-ring (bicyclic) bond motifs is 7. The van der Waals surface area contributed by atoms with Crippen LogP contribution < -0.4 is 10.4 Å². The molecule has 4 aromatic carbocycles. The van der Waals surface area contributed by atoms with Gasteiger partial charge in [0.15, 0.2) is 0 Å². The number of thiophene rings is 1. The molecule has 2 atom stereocenters. The Morgan fingerprint density at radius 3 is 2.37 bits per heavy atom. The first-order chi connectivity index (χ1) is 30.6. The molecule has 2 unspecified atom stereocenters. The highest BCUT2D eigenvalue weighted by atomic mass is 32.1. The van der Waals surface area contributed by atoms with Crippen molar-refractivity contribution < 1.29 is 0 Å². The van der Waals surface area contributed by atoms with Gasteiger partial charge < -0.3 is 14.4 Å². The molecular formula is C58H56BN3S. The molecular weight excluding hydrogens is 782 g/mol. The number of nitrogens with zero attached hydrogens (tertiary/aromatic N) is 3. The van der Waals surface area contributed by atoms with E-state index in [2.05, 4.69) is 190 Å². The molecule has 0 saturated heterocycles. The first-order valence-electron chi connectivity index (χ1n) is 23.4. The zero-order valence-corrected chi connectivity index (χ0v) is 38.7. The minimum atomic E-state index is -0.0798. The summed E-state index contributed by atoms with van der Waals surface area (Å²) < 4.78 is 5.41. The monoisotopic (exact) mass is 837 g/mol. The number of hydrogen-bond donors (Lipinski definition) is 0. The summed E-state index contributed by atoms with van der Waals surface area (Å²) in [5, 5.41) is 2.68. The zero-order valence-electron chi connectivity index (χ0n) is 37.8. The Labute approximate surface area is 377 Å². The Hall–Kier alpha value is -5.78. The van der Waals surface area contributed by atoms with E-state index >= 15 is 0 Å². The number of hydrogen-bond acceptors (Lipinski definition) is 3. The molecule has 0 amide bonds. The lowest BCUT2D eigenvalue weighted by atomic mass is 9.31. The fourth-order valence-electron chi connectivity index (χ4n) is 12.1. The van der Waals surface area contributed by atoms with E-state index in [-0.39, 0.29) is 18.2 Å². The maximum absolute atomic E-state index is 2.81. The van der Waals surface area contributed by atoms with Crippen LogP contribution in [0.2, 0.25) is 0 Å². The third kappa shape index (κ3) is 5.77. The first kappa shape index (κ1) is 38.9. The molecule has 0 saturated carbocycles. The van der Waals surface area contributed by atoms with E-state index in [1.54, 1.807) is 0 Å². The summed E-state index contributed by atoms with van der Waals surface area (Å²) in [6, 6.07) is 30.8. The van der Waals surface area contributed by atoms with E-state index in [1.807, 2.05) is 11.3 Å². The molecule has 5 heteroatoms. The predicted octanol–water partition coefficient (Wildman–Crippen LogP) is 14.5. The minimum Gasteiger partial charge on any atom is -0.358 e. The molecule has 4 aliphatic carbocycles. The van der Waals surface area contributed by atoms with Crippen molar-refractivity contribution in [2.75, 3.05) is 4.90 Å². The van der Waals surface area contributed by atoms with Crippen molar-refractivity contribution in [2.24, 2.45) is 0 Å². The van der Waals surface area contributed by atoms with Crippen LogP contribution in [0, 0.1) is 13.8 Å².